The number of halogens is 4. The third-order valence-electron chi connectivity index (χ3n) is 1.99. The topological polar surface area (TPSA) is 55.0 Å². The number of nitrogens with zero attached hydrogens (tertiary/aromatic N) is 1. The van der Waals surface area contributed by atoms with Crippen LogP contribution in [-0.4, -0.2) is 22.8 Å². The van der Waals surface area contributed by atoms with Gasteiger partial charge in [0.25, 0.3) is 5.56 Å². The van der Waals surface area contributed by atoms with Gasteiger partial charge in [-0.15, -0.1) is 0 Å². The molecule has 0 unspecified atom stereocenters. The van der Waals surface area contributed by atoms with Gasteiger partial charge in [0.05, 0.1) is 9.26 Å². The summed E-state index contributed by atoms with van der Waals surface area (Å²) in [6.45, 7) is 1.97. The molecule has 8 heteroatoms. The Balaban J connectivity index is 2.82. The number of ether oxygens (including phenoxy) is 1. The van der Waals surface area contributed by atoms with E-state index in [2.05, 4.69) is 14.7 Å². The maximum atomic E-state index is 11.9. The van der Waals surface area contributed by atoms with Gasteiger partial charge in [0.1, 0.15) is 19.0 Å². The Kier molecular flexibility index (Phi) is 5.14. The number of hydrogen-bond donors (Lipinski definition) is 1. The number of rotatable bonds is 4. The molecule has 1 N–H and O–H groups in total. The van der Waals surface area contributed by atoms with Crippen molar-refractivity contribution in [3.8, 4) is 0 Å². The Hall–Kier alpha value is -0.640. The molecule has 102 valence electrons. The molecular formula is C10H12F3IN2O2. The standard InChI is InChI=1S/C10H12F3IN2O2/c1-5(2)8-7(14)9(17)16-6(15-8)3-18-4-10(11,12)13/h5H,3-4H2,1-2H3,(H,15,16,17). The van der Waals surface area contributed by atoms with E-state index < -0.39 is 12.8 Å². The predicted octanol–water partition coefficient (Wildman–Crippen LogP) is 2.58. The molecule has 1 aromatic rings. The van der Waals surface area contributed by atoms with Crippen LogP contribution in [-0.2, 0) is 11.3 Å². The molecule has 0 aliphatic carbocycles. The second-order valence-corrected chi connectivity index (χ2v) is 5.05. The van der Waals surface area contributed by atoms with E-state index in [1.807, 2.05) is 36.4 Å². The molecule has 0 aliphatic heterocycles. The van der Waals surface area contributed by atoms with Crippen LogP contribution < -0.4 is 5.56 Å². The number of aromatic amines is 1. The lowest BCUT2D eigenvalue weighted by Crippen LogP contribution is -2.21. The lowest BCUT2D eigenvalue weighted by atomic mass is 10.1. The van der Waals surface area contributed by atoms with Crippen molar-refractivity contribution < 1.29 is 17.9 Å². The molecule has 0 aromatic carbocycles. The van der Waals surface area contributed by atoms with Crippen LogP contribution in [0.25, 0.3) is 0 Å². The molecule has 0 saturated heterocycles. The fraction of sp³-hybridized carbons (Fsp3) is 0.600. The fourth-order valence-electron chi connectivity index (χ4n) is 1.24. The van der Waals surface area contributed by atoms with E-state index in [9.17, 15) is 18.0 Å². The Morgan fingerprint density at radius 2 is 2.06 bits per heavy atom. The van der Waals surface area contributed by atoms with Gasteiger partial charge in [-0.05, 0) is 28.5 Å². The zero-order valence-electron chi connectivity index (χ0n) is 9.77. The smallest absolute Gasteiger partial charge is 0.364 e. The number of hydrogen-bond acceptors (Lipinski definition) is 3. The summed E-state index contributed by atoms with van der Waals surface area (Å²) in [5.74, 6) is 0.119. The summed E-state index contributed by atoms with van der Waals surface area (Å²) in [4.78, 5) is 18.0. The van der Waals surface area contributed by atoms with E-state index in [4.69, 9.17) is 0 Å². The van der Waals surface area contributed by atoms with Crippen LogP contribution in [0.1, 0.15) is 31.3 Å². The van der Waals surface area contributed by atoms with Gasteiger partial charge in [0.2, 0.25) is 0 Å². The van der Waals surface area contributed by atoms with Crippen LogP contribution in [0.2, 0.25) is 0 Å². The fourth-order valence-corrected chi connectivity index (χ4v) is 2.12. The highest BCUT2D eigenvalue weighted by Crippen LogP contribution is 2.17. The van der Waals surface area contributed by atoms with Crippen molar-refractivity contribution in [1.29, 1.82) is 0 Å². The van der Waals surface area contributed by atoms with Crippen molar-refractivity contribution in [2.45, 2.75) is 32.5 Å². The molecule has 0 saturated carbocycles. The average molecular weight is 376 g/mol. The first-order valence-corrected chi connectivity index (χ1v) is 6.21. The third-order valence-corrected chi connectivity index (χ3v) is 3.03. The van der Waals surface area contributed by atoms with Crippen LogP contribution >= 0.6 is 22.6 Å². The Labute approximate surface area is 115 Å². The maximum Gasteiger partial charge on any atom is 0.411 e. The quantitative estimate of drug-likeness (QED) is 0.823. The zero-order chi connectivity index (χ0) is 13.9. The van der Waals surface area contributed by atoms with Crippen LogP contribution in [0.5, 0.6) is 0 Å². The van der Waals surface area contributed by atoms with Crippen molar-refractivity contribution in [3.63, 3.8) is 0 Å². The highest BCUT2D eigenvalue weighted by Gasteiger charge is 2.27. The lowest BCUT2D eigenvalue weighted by molar-refractivity contribution is -0.177. The molecule has 0 radical (unpaired) electrons. The van der Waals surface area contributed by atoms with Gasteiger partial charge in [-0.2, -0.15) is 13.2 Å². The van der Waals surface area contributed by atoms with Gasteiger partial charge >= 0.3 is 6.18 Å². The molecule has 0 fully saturated rings. The second kappa shape index (κ2) is 6.00. The summed E-state index contributed by atoms with van der Waals surface area (Å²) in [5, 5.41) is 0. The van der Waals surface area contributed by atoms with Crippen molar-refractivity contribution in [1.82, 2.24) is 9.97 Å². The first-order valence-electron chi connectivity index (χ1n) is 5.14. The minimum absolute atomic E-state index is 0.0144. The number of aromatic nitrogens is 2. The van der Waals surface area contributed by atoms with Gasteiger partial charge in [-0.1, -0.05) is 13.8 Å². The normalized spacial score (nSPS) is 12.2. The largest absolute Gasteiger partial charge is 0.411 e. The van der Waals surface area contributed by atoms with Crippen molar-refractivity contribution in [2.75, 3.05) is 6.61 Å². The third kappa shape index (κ3) is 4.56. The van der Waals surface area contributed by atoms with Crippen molar-refractivity contribution in [3.05, 3.63) is 25.4 Å². The minimum atomic E-state index is -4.38. The molecule has 0 aliphatic rings. The molecule has 1 rings (SSSR count). The van der Waals surface area contributed by atoms with Gasteiger partial charge in [0.15, 0.2) is 0 Å². The molecule has 0 amide bonds. The number of H-pyrrole nitrogens is 1. The Morgan fingerprint density at radius 1 is 1.44 bits per heavy atom. The summed E-state index contributed by atoms with van der Waals surface area (Å²) in [6.07, 6.45) is -4.38. The summed E-state index contributed by atoms with van der Waals surface area (Å²) in [5.41, 5.74) is 0.199. The lowest BCUT2D eigenvalue weighted by Gasteiger charge is -2.10. The van der Waals surface area contributed by atoms with E-state index in [1.54, 1.807) is 0 Å². The SMILES string of the molecule is CC(C)c1nc(COCC(F)(F)F)[nH]c(=O)c1I. The van der Waals surface area contributed by atoms with E-state index in [-0.39, 0.29) is 23.9 Å². The highest BCUT2D eigenvalue weighted by molar-refractivity contribution is 14.1. The van der Waals surface area contributed by atoms with Crippen LogP contribution in [0.3, 0.4) is 0 Å². The molecule has 0 bridgehead atoms. The summed E-state index contributed by atoms with van der Waals surface area (Å²) < 4.78 is 40.6. The zero-order valence-corrected chi connectivity index (χ0v) is 11.9. The molecule has 0 atom stereocenters. The van der Waals surface area contributed by atoms with Crippen molar-refractivity contribution in [2.24, 2.45) is 0 Å². The molecule has 1 heterocycles. The van der Waals surface area contributed by atoms with E-state index in [0.29, 0.717) is 9.26 Å². The first kappa shape index (κ1) is 15.4. The minimum Gasteiger partial charge on any atom is -0.364 e. The van der Waals surface area contributed by atoms with E-state index in [0.717, 1.165) is 0 Å². The molecule has 1 aromatic heterocycles. The summed E-state index contributed by atoms with van der Waals surface area (Å²) >= 11 is 1.86. The van der Waals surface area contributed by atoms with E-state index in [1.165, 1.54) is 0 Å². The predicted molar refractivity (Wildman–Crippen MR) is 67.4 cm³/mol. The molecule has 18 heavy (non-hydrogen) atoms. The maximum absolute atomic E-state index is 11.9. The monoisotopic (exact) mass is 376 g/mol. The average Bonchev–Trinajstić information content (AvgIpc) is 2.20. The molecule has 0 spiro atoms. The van der Waals surface area contributed by atoms with E-state index >= 15 is 0 Å². The highest BCUT2D eigenvalue weighted by atomic mass is 127. The second-order valence-electron chi connectivity index (χ2n) is 3.97. The molecular weight excluding hydrogens is 364 g/mol. The van der Waals surface area contributed by atoms with Crippen LogP contribution in [0, 0.1) is 3.57 Å². The summed E-state index contributed by atoms with van der Waals surface area (Å²) in [7, 11) is 0. The van der Waals surface area contributed by atoms with Gasteiger partial charge in [-0.3, -0.25) is 4.79 Å². The Morgan fingerprint density at radius 3 is 2.56 bits per heavy atom. The number of nitrogens with one attached hydrogen (secondary N) is 1. The van der Waals surface area contributed by atoms with Crippen molar-refractivity contribution >= 4 is 22.6 Å². The van der Waals surface area contributed by atoms with Gasteiger partial charge < -0.3 is 9.72 Å². The van der Waals surface area contributed by atoms with Gasteiger partial charge in [0, 0.05) is 0 Å². The number of alkyl halides is 3. The molecule has 4 nitrogen and oxygen atoms in total. The van der Waals surface area contributed by atoms with Crippen LogP contribution in [0.4, 0.5) is 13.2 Å². The van der Waals surface area contributed by atoms with Crippen LogP contribution in [0.15, 0.2) is 4.79 Å². The van der Waals surface area contributed by atoms with Gasteiger partial charge in [-0.25, -0.2) is 4.98 Å². The summed E-state index contributed by atoms with van der Waals surface area (Å²) in [6, 6.07) is 0. The first-order chi connectivity index (χ1) is 8.20. The Bertz CT molecular complexity index is 471.